The Hall–Kier alpha value is -1.04. The Morgan fingerprint density at radius 2 is 2.20 bits per heavy atom. The molecule has 1 aliphatic rings. The largest absolute Gasteiger partial charge is 0.367 e. The first-order valence-electron chi connectivity index (χ1n) is 6.34. The number of nitrogens with two attached hydrogens (primary N) is 1. The third-order valence-corrected chi connectivity index (χ3v) is 2.98. The molecular formula is C13H22Cl2N4O. The molecule has 0 saturated carbocycles. The molecule has 2 rings (SSSR count). The number of nitrogens with one attached hydrogen (secondary N) is 1. The zero-order chi connectivity index (χ0) is 13.1. The maximum absolute atomic E-state index is 12.4. The van der Waals surface area contributed by atoms with Gasteiger partial charge < -0.3 is 16.0 Å². The summed E-state index contributed by atoms with van der Waals surface area (Å²) in [5, 5.41) is 3.20. The molecule has 114 valence electrons. The summed E-state index contributed by atoms with van der Waals surface area (Å²) in [5.74, 6) is 0.664. The van der Waals surface area contributed by atoms with Crippen LogP contribution in [0.1, 0.15) is 30.6 Å². The van der Waals surface area contributed by atoms with E-state index in [9.17, 15) is 4.79 Å². The van der Waals surface area contributed by atoms with Crippen LogP contribution in [0, 0.1) is 0 Å². The fourth-order valence-electron chi connectivity index (χ4n) is 2.11. The summed E-state index contributed by atoms with van der Waals surface area (Å²) in [7, 11) is 0. The molecular weight excluding hydrogens is 299 g/mol. The number of nitrogens with zero attached hydrogens (tertiary/aromatic N) is 2. The molecule has 0 aromatic carbocycles. The normalized spacial score (nSPS) is 17.4. The van der Waals surface area contributed by atoms with E-state index in [0.29, 0.717) is 17.9 Å². The Kier molecular flexibility index (Phi) is 7.86. The zero-order valence-electron chi connectivity index (χ0n) is 11.7. The number of hydrogen-bond donors (Lipinski definition) is 2. The van der Waals surface area contributed by atoms with Crippen molar-refractivity contribution in [2.24, 2.45) is 5.73 Å². The number of halogens is 2. The molecule has 1 saturated heterocycles. The Bertz CT molecular complexity index is 442. The highest BCUT2D eigenvalue weighted by Crippen LogP contribution is 2.18. The van der Waals surface area contributed by atoms with Gasteiger partial charge in [-0.1, -0.05) is 0 Å². The second-order valence-electron chi connectivity index (χ2n) is 5.00. The summed E-state index contributed by atoms with van der Waals surface area (Å²) >= 11 is 0. The van der Waals surface area contributed by atoms with Crippen molar-refractivity contribution < 1.29 is 4.79 Å². The van der Waals surface area contributed by atoms with Crippen molar-refractivity contribution in [3.8, 4) is 0 Å². The number of likely N-dealkylation sites (tertiary alicyclic amines) is 1. The Morgan fingerprint density at radius 3 is 2.75 bits per heavy atom. The molecule has 0 aliphatic carbocycles. The number of anilines is 1. The van der Waals surface area contributed by atoms with Crippen molar-refractivity contribution in [3.63, 3.8) is 0 Å². The first-order valence-corrected chi connectivity index (χ1v) is 6.34. The Morgan fingerprint density at radius 1 is 1.50 bits per heavy atom. The van der Waals surface area contributed by atoms with Crippen LogP contribution in [0.2, 0.25) is 0 Å². The third kappa shape index (κ3) is 4.51. The molecule has 1 unspecified atom stereocenters. The van der Waals surface area contributed by atoms with Crippen LogP contribution >= 0.6 is 24.8 Å². The smallest absolute Gasteiger partial charge is 0.257 e. The van der Waals surface area contributed by atoms with E-state index in [1.165, 1.54) is 0 Å². The van der Waals surface area contributed by atoms with E-state index in [2.05, 4.69) is 10.3 Å². The van der Waals surface area contributed by atoms with Crippen LogP contribution in [-0.2, 0) is 0 Å². The number of carbonyl (C=O) groups is 1. The van der Waals surface area contributed by atoms with Gasteiger partial charge in [0.2, 0.25) is 0 Å². The van der Waals surface area contributed by atoms with E-state index in [1.807, 2.05) is 19.9 Å². The van der Waals surface area contributed by atoms with Gasteiger partial charge in [0.05, 0.1) is 5.56 Å². The molecule has 7 heteroatoms. The van der Waals surface area contributed by atoms with E-state index in [-0.39, 0.29) is 42.8 Å². The van der Waals surface area contributed by atoms with Crippen molar-refractivity contribution in [2.75, 3.05) is 18.4 Å². The number of amides is 1. The van der Waals surface area contributed by atoms with Crippen molar-refractivity contribution in [3.05, 3.63) is 23.9 Å². The lowest BCUT2D eigenvalue weighted by molar-refractivity contribution is 0.0791. The van der Waals surface area contributed by atoms with Crippen molar-refractivity contribution >= 4 is 36.5 Å². The highest BCUT2D eigenvalue weighted by atomic mass is 35.5. The number of pyridine rings is 1. The monoisotopic (exact) mass is 320 g/mol. The maximum atomic E-state index is 12.4. The van der Waals surface area contributed by atoms with Crippen LogP contribution in [0.4, 0.5) is 5.82 Å². The minimum absolute atomic E-state index is 0. The average molecular weight is 321 g/mol. The lowest BCUT2D eigenvalue weighted by Crippen LogP contribution is -2.32. The van der Waals surface area contributed by atoms with Crippen molar-refractivity contribution in [1.82, 2.24) is 9.88 Å². The van der Waals surface area contributed by atoms with Gasteiger partial charge in [0.15, 0.2) is 0 Å². The van der Waals surface area contributed by atoms with Gasteiger partial charge in [0, 0.05) is 31.4 Å². The van der Waals surface area contributed by atoms with E-state index in [0.717, 1.165) is 13.0 Å². The first kappa shape index (κ1) is 19.0. The fourth-order valence-corrected chi connectivity index (χ4v) is 2.11. The predicted octanol–water partition coefficient (Wildman–Crippen LogP) is 1.92. The fraction of sp³-hybridized carbons (Fsp3) is 0.538. The molecule has 1 aromatic rings. The molecule has 3 N–H and O–H groups in total. The van der Waals surface area contributed by atoms with Crippen LogP contribution < -0.4 is 11.1 Å². The van der Waals surface area contributed by atoms with Gasteiger partial charge in [0.25, 0.3) is 5.91 Å². The Balaban J connectivity index is 0.00000180. The second-order valence-corrected chi connectivity index (χ2v) is 5.00. The molecule has 0 bridgehead atoms. The summed E-state index contributed by atoms with van der Waals surface area (Å²) in [6, 6.07) is 3.94. The maximum Gasteiger partial charge on any atom is 0.257 e. The van der Waals surface area contributed by atoms with E-state index < -0.39 is 0 Å². The summed E-state index contributed by atoms with van der Waals surface area (Å²) in [4.78, 5) is 18.4. The molecule has 1 aromatic heterocycles. The molecule has 1 fully saturated rings. The van der Waals surface area contributed by atoms with E-state index in [1.54, 1.807) is 17.2 Å². The zero-order valence-corrected chi connectivity index (χ0v) is 13.3. The van der Waals surface area contributed by atoms with Crippen LogP contribution in [0.3, 0.4) is 0 Å². The summed E-state index contributed by atoms with van der Waals surface area (Å²) < 4.78 is 0. The van der Waals surface area contributed by atoms with Crippen LogP contribution in [0.5, 0.6) is 0 Å². The van der Waals surface area contributed by atoms with Gasteiger partial charge in [0.1, 0.15) is 5.82 Å². The van der Waals surface area contributed by atoms with E-state index in [4.69, 9.17) is 5.73 Å². The third-order valence-electron chi connectivity index (χ3n) is 2.98. The number of carbonyl (C=O) groups excluding carboxylic acids is 1. The van der Waals surface area contributed by atoms with Crippen LogP contribution in [0.25, 0.3) is 0 Å². The highest BCUT2D eigenvalue weighted by molar-refractivity contribution is 5.98. The summed E-state index contributed by atoms with van der Waals surface area (Å²) in [5.41, 5.74) is 6.46. The number of hydrogen-bond acceptors (Lipinski definition) is 4. The molecule has 5 nitrogen and oxygen atoms in total. The molecule has 20 heavy (non-hydrogen) atoms. The molecule has 1 atom stereocenters. The standard InChI is InChI=1S/C13H20N4O.2ClH/c1-9(2)16-12-11(4-3-6-15-12)13(18)17-7-5-10(14)8-17;;/h3-4,6,9-10H,5,7-8,14H2,1-2H3,(H,15,16);2*1H. The lowest BCUT2D eigenvalue weighted by atomic mass is 10.2. The van der Waals surface area contributed by atoms with Crippen LogP contribution in [0.15, 0.2) is 18.3 Å². The highest BCUT2D eigenvalue weighted by Gasteiger charge is 2.26. The SMILES string of the molecule is CC(C)Nc1ncccc1C(=O)N1CCC(N)C1.Cl.Cl. The van der Waals surface area contributed by atoms with Gasteiger partial charge in [-0.25, -0.2) is 4.98 Å². The van der Waals surface area contributed by atoms with Crippen molar-refractivity contribution in [2.45, 2.75) is 32.4 Å². The predicted molar refractivity (Wildman–Crippen MR) is 86.0 cm³/mol. The topological polar surface area (TPSA) is 71.2 Å². The quantitative estimate of drug-likeness (QED) is 0.892. The molecule has 2 heterocycles. The van der Waals surface area contributed by atoms with Crippen LogP contribution in [-0.4, -0.2) is 41.0 Å². The summed E-state index contributed by atoms with van der Waals surface area (Å²) in [6.45, 7) is 5.41. The Labute approximate surface area is 132 Å². The van der Waals surface area contributed by atoms with Gasteiger partial charge in [-0.15, -0.1) is 24.8 Å². The van der Waals surface area contributed by atoms with Gasteiger partial charge in [-0.05, 0) is 32.4 Å². The molecule has 0 radical (unpaired) electrons. The minimum Gasteiger partial charge on any atom is -0.367 e. The van der Waals surface area contributed by atoms with E-state index >= 15 is 0 Å². The summed E-state index contributed by atoms with van der Waals surface area (Å²) in [6.07, 6.45) is 2.57. The van der Waals surface area contributed by atoms with Gasteiger partial charge in [-0.2, -0.15) is 0 Å². The average Bonchev–Trinajstić information content (AvgIpc) is 2.75. The lowest BCUT2D eigenvalue weighted by Gasteiger charge is -2.19. The molecule has 1 aliphatic heterocycles. The van der Waals surface area contributed by atoms with Gasteiger partial charge in [-0.3, -0.25) is 4.79 Å². The van der Waals surface area contributed by atoms with Gasteiger partial charge >= 0.3 is 0 Å². The molecule has 0 spiro atoms. The number of aromatic nitrogens is 1. The second kappa shape index (κ2) is 8.29. The number of rotatable bonds is 3. The van der Waals surface area contributed by atoms with Crippen molar-refractivity contribution in [1.29, 1.82) is 0 Å². The molecule has 1 amide bonds. The first-order chi connectivity index (χ1) is 8.58. The minimum atomic E-state index is 0.